The molecule has 1 aromatic heterocycles. The summed E-state index contributed by atoms with van der Waals surface area (Å²) in [7, 11) is 1.66. The van der Waals surface area contributed by atoms with Gasteiger partial charge in [0, 0.05) is 18.4 Å². The van der Waals surface area contributed by atoms with Gasteiger partial charge >= 0.3 is 5.97 Å². The molecule has 0 atom stereocenters. The molecule has 6 nitrogen and oxygen atoms in total. The van der Waals surface area contributed by atoms with Gasteiger partial charge in [-0.2, -0.15) is 0 Å². The van der Waals surface area contributed by atoms with Crippen molar-refractivity contribution in [3.05, 3.63) is 52.1 Å². The van der Waals surface area contributed by atoms with Crippen molar-refractivity contribution in [1.29, 1.82) is 0 Å². The van der Waals surface area contributed by atoms with Crippen molar-refractivity contribution in [1.82, 2.24) is 4.57 Å². The van der Waals surface area contributed by atoms with Gasteiger partial charge in [0.25, 0.3) is 11.7 Å². The molecule has 1 aromatic carbocycles. The Kier molecular flexibility index (Phi) is 5.36. The number of aryl methyl sites for hydroxylation is 1. The molecule has 1 aliphatic carbocycles. The van der Waals surface area contributed by atoms with E-state index in [0.29, 0.717) is 28.1 Å². The highest BCUT2D eigenvalue weighted by Crippen LogP contribution is 2.45. The number of ether oxygens (including phenoxy) is 1. The number of carbonyl (C=O) groups excluding carboxylic acids is 3. The first-order valence-corrected chi connectivity index (χ1v) is 9.24. The van der Waals surface area contributed by atoms with E-state index in [2.05, 4.69) is 5.32 Å². The summed E-state index contributed by atoms with van der Waals surface area (Å²) < 4.78 is 19.9. The van der Waals surface area contributed by atoms with Gasteiger partial charge in [0.05, 0.1) is 12.2 Å². The topological polar surface area (TPSA) is 77.4 Å². The van der Waals surface area contributed by atoms with Crippen LogP contribution >= 0.6 is 0 Å². The van der Waals surface area contributed by atoms with Crippen LogP contribution in [0.25, 0.3) is 0 Å². The maximum atomic E-state index is 13.5. The zero-order chi connectivity index (χ0) is 20.6. The predicted molar refractivity (Wildman–Crippen MR) is 102 cm³/mol. The lowest BCUT2D eigenvalue weighted by atomic mass is 10.0. The number of rotatable bonds is 6. The Morgan fingerprint density at radius 3 is 2.50 bits per heavy atom. The minimum atomic E-state index is -0.925. The first kappa shape index (κ1) is 19.8. The minimum Gasteiger partial charge on any atom is -0.460 e. The first-order chi connectivity index (χ1) is 13.3. The SMILES string of the molecule is CCOC(=O)C(=O)c1c(C2CC2)c(C(=O)Nc2ccc(F)c(C)c2)c(C)n1C. The molecule has 1 aliphatic rings. The summed E-state index contributed by atoms with van der Waals surface area (Å²) in [4.78, 5) is 37.7. The fraction of sp³-hybridized carbons (Fsp3) is 0.381. The maximum Gasteiger partial charge on any atom is 0.381 e. The summed E-state index contributed by atoms with van der Waals surface area (Å²) in [6.07, 6.45) is 1.70. The van der Waals surface area contributed by atoms with Gasteiger partial charge in [-0.3, -0.25) is 9.59 Å². The molecule has 1 heterocycles. The van der Waals surface area contributed by atoms with E-state index in [1.54, 1.807) is 38.5 Å². The van der Waals surface area contributed by atoms with E-state index in [4.69, 9.17) is 4.74 Å². The molecular weight excluding hydrogens is 363 g/mol. The molecular formula is C21H23FN2O4. The Balaban J connectivity index is 2.02. The molecule has 0 radical (unpaired) electrons. The van der Waals surface area contributed by atoms with Crippen LogP contribution in [0, 0.1) is 19.7 Å². The number of halogens is 1. The number of esters is 1. The normalized spacial score (nSPS) is 13.3. The van der Waals surface area contributed by atoms with Crippen molar-refractivity contribution in [2.45, 2.75) is 39.5 Å². The van der Waals surface area contributed by atoms with Gasteiger partial charge in [0.1, 0.15) is 11.5 Å². The van der Waals surface area contributed by atoms with Gasteiger partial charge in [0.15, 0.2) is 0 Å². The summed E-state index contributed by atoms with van der Waals surface area (Å²) in [6.45, 7) is 5.08. The molecule has 0 aliphatic heterocycles. The Labute approximate surface area is 162 Å². The van der Waals surface area contributed by atoms with Crippen LogP contribution in [-0.4, -0.2) is 28.8 Å². The summed E-state index contributed by atoms with van der Waals surface area (Å²) in [6, 6.07) is 4.33. The summed E-state index contributed by atoms with van der Waals surface area (Å²) >= 11 is 0. The number of benzene rings is 1. The number of hydrogen-bond acceptors (Lipinski definition) is 4. The number of amides is 1. The number of ketones is 1. The molecule has 0 spiro atoms. The fourth-order valence-electron chi connectivity index (χ4n) is 3.37. The van der Waals surface area contributed by atoms with Gasteiger partial charge in [-0.25, -0.2) is 9.18 Å². The highest BCUT2D eigenvalue weighted by molar-refractivity contribution is 6.41. The van der Waals surface area contributed by atoms with Crippen molar-refractivity contribution < 1.29 is 23.5 Å². The van der Waals surface area contributed by atoms with Crippen molar-refractivity contribution in [2.75, 3.05) is 11.9 Å². The molecule has 1 fully saturated rings. The van der Waals surface area contributed by atoms with Gasteiger partial charge in [-0.15, -0.1) is 0 Å². The quantitative estimate of drug-likeness (QED) is 0.467. The van der Waals surface area contributed by atoms with E-state index in [1.165, 1.54) is 12.1 Å². The second-order valence-electron chi connectivity index (χ2n) is 7.02. The minimum absolute atomic E-state index is 0.0592. The number of Topliss-reactive ketones (excluding diaryl/α,β-unsaturated/α-hetero) is 1. The van der Waals surface area contributed by atoms with Crippen LogP contribution in [0.1, 0.15) is 63.4 Å². The number of anilines is 1. The van der Waals surface area contributed by atoms with Crippen LogP contribution in [0.3, 0.4) is 0 Å². The number of hydrogen-bond donors (Lipinski definition) is 1. The molecule has 3 rings (SSSR count). The molecule has 1 saturated carbocycles. The van der Waals surface area contributed by atoms with Gasteiger partial charge in [0.2, 0.25) is 0 Å². The average Bonchev–Trinajstić information content (AvgIpc) is 3.45. The molecule has 0 unspecified atom stereocenters. The number of carbonyl (C=O) groups is 3. The van der Waals surface area contributed by atoms with Crippen molar-refractivity contribution in [3.63, 3.8) is 0 Å². The van der Waals surface area contributed by atoms with Crippen LogP contribution in [0.4, 0.5) is 10.1 Å². The zero-order valence-corrected chi connectivity index (χ0v) is 16.4. The van der Waals surface area contributed by atoms with Crippen LogP contribution in [0.2, 0.25) is 0 Å². The highest BCUT2D eigenvalue weighted by Gasteiger charge is 2.38. The van der Waals surface area contributed by atoms with Crippen molar-refractivity contribution in [2.24, 2.45) is 7.05 Å². The predicted octanol–water partition coefficient (Wildman–Crippen LogP) is 3.66. The number of nitrogens with one attached hydrogen (secondary N) is 1. The van der Waals surface area contributed by atoms with Crippen molar-refractivity contribution in [3.8, 4) is 0 Å². The molecule has 7 heteroatoms. The third-order valence-electron chi connectivity index (χ3n) is 5.03. The molecule has 0 bridgehead atoms. The van der Waals surface area contributed by atoms with Crippen LogP contribution in [0.5, 0.6) is 0 Å². The fourth-order valence-corrected chi connectivity index (χ4v) is 3.37. The second-order valence-corrected chi connectivity index (χ2v) is 7.02. The van der Waals surface area contributed by atoms with Crippen LogP contribution < -0.4 is 5.32 Å². The number of nitrogens with zero attached hydrogens (tertiary/aromatic N) is 1. The number of aromatic nitrogens is 1. The lowest BCUT2D eigenvalue weighted by Crippen LogP contribution is -2.21. The first-order valence-electron chi connectivity index (χ1n) is 9.24. The van der Waals surface area contributed by atoms with E-state index >= 15 is 0 Å². The second kappa shape index (κ2) is 7.58. The van der Waals surface area contributed by atoms with E-state index in [0.717, 1.165) is 12.8 Å². The summed E-state index contributed by atoms with van der Waals surface area (Å²) in [5.74, 6) is -2.35. The highest BCUT2D eigenvalue weighted by atomic mass is 19.1. The monoisotopic (exact) mass is 386 g/mol. The van der Waals surface area contributed by atoms with Crippen molar-refractivity contribution >= 4 is 23.3 Å². The van der Waals surface area contributed by atoms with Crippen LogP contribution in [0.15, 0.2) is 18.2 Å². The lowest BCUT2D eigenvalue weighted by Gasteiger charge is -2.09. The Morgan fingerprint density at radius 1 is 1.25 bits per heavy atom. The van der Waals surface area contributed by atoms with E-state index in [1.807, 2.05) is 0 Å². The largest absolute Gasteiger partial charge is 0.460 e. The molecule has 148 valence electrons. The summed E-state index contributed by atoms with van der Waals surface area (Å²) in [5, 5.41) is 2.78. The molecule has 2 aromatic rings. The lowest BCUT2D eigenvalue weighted by molar-refractivity contribution is -0.137. The third kappa shape index (κ3) is 3.56. The Bertz CT molecular complexity index is 973. The van der Waals surface area contributed by atoms with Gasteiger partial charge in [-0.05, 0) is 68.9 Å². The smallest absolute Gasteiger partial charge is 0.381 e. The van der Waals surface area contributed by atoms with Gasteiger partial charge in [-0.1, -0.05) is 0 Å². The third-order valence-corrected chi connectivity index (χ3v) is 5.03. The molecule has 28 heavy (non-hydrogen) atoms. The Hall–Kier alpha value is -2.96. The Morgan fingerprint density at radius 2 is 1.93 bits per heavy atom. The maximum absolute atomic E-state index is 13.5. The molecule has 1 amide bonds. The molecule has 0 saturated heterocycles. The average molecular weight is 386 g/mol. The summed E-state index contributed by atoms with van der Waals surface area (Å²) in [5.41, 5.74) is 2.66. The van der Waals surface area contributed by atoms with E-state index < -0.39 is 11.8 Å². The van der Waals surface area contributed by atoms with Gasteiger partial charge < -0.3 is 14.6 Å². The van der Waals surface area contributed by atoms with Crippen LogP contribution in [-0.2, 0) is 16.6 Å². The standard InChI is InChI=1S/C21H23FN2O4/c1-5-28-21(27)19(25)18-17(13-6-7-13)16(12(3)24(18)4)20(26)23-14-8-9-15(22)11(2)10-14/h8-10,13H,5-7H2,1-4H3,(H,23,26). The van der Waals surface area contributed by atoms with E-state index in [-0.39, 0.29) is 29.9 Å². The molecule has 1 N–H and O–H groups in total. The zero-order valence-electron chi connectivity index (χ0n) is 16.4. The van der Waals surface area contributed by atoms with E-state index in [9.17, 15) is 18.8 Å².